The molecule has 1 saturated heterocycles. The molecule has 0 unspecified atom stereocenters. The first-order valence-corrected chi connectivity index (χ1v) is 11.2. The van der Waals surface area contributed by atoms with E-state index in [1.807, 2.05) is 44.2 Å². The Bertz CT molecular complexity index is 848. The van der Waals surface area contributed by atoms with Crippen molar-refractivity contribution in [1.29, 1.82) is 0 Å². The van der Waals surface area contributed by atoms with E-state index in [1.54, 1.807) is 4.90 Å². The predicted molar refractivity (Wildman–Crippen MR) is 125 cm³/mol. The van der Waals surface area contributed by atoms with Gasteiger partial charge < -0.3 is 10.2 Å². The lowest BCUT2D eigenvalue weighted by Crippen LogP contribution is -2.50. The largest absolute Gasteiger partial charge is 0.332 e. The number of anilines is 1. The third kappa shape index (κ3) is 7.19. The minimum Gasteiger partial charge on any atom is -0.332 e. The van der Waals surface area contributed by atoms with Crippen LogP contribution >= 0.6 is 0 Å². The quantitative estimate of drug-likeness (QED) is 0.675. The van der Waals surface area contributed by atoms with Crippen molar-refractivity contribution >= 4 is 17.5 Å². The van der Waals surface area contributed by atoms with Crippen LogP contribution in [0.4, 0.5) is 5.69 Å². The van der Waals surface area contributed by atoms with Gasteiger partial charge in [0.15, 0.2) is 0 Å². The topological polar surface area (TPSA) is 55.9 Å². The maximum absolute atomic E-state index is 12.9. The van der Waals surface area contributed by atoms with E-state index in [0.29, 0.717) is 13.1 Å². The molecule has 1 heterocycles. The van der Waals surface area contributed by atoms with Gasteiger partial charge in [-0.15, -0.1) is 0 Å². The molecule has 1 aliphatic heterocycles. The van der Waals surface area contributed by atoms with Gasteiger partial charge in [0.05, 0.1) is 13.1 Å². The average Bonchev–Trinajstić information content (AvgIpc) is 2.77. The van der Waals surface area contributed by atoms with Crippen molar-refractivity contribution in [3.63, 3.8) is 0 Å². The van der Waals surface area contributed by atoms with E-state index >= 15 is 0 Å². The van der Waals surface area contributed by atoms with Gasteiger partial charge in [-0.3, -0.25) is 19.4 Å². The Hall–Kier alpha value is -2.70. The predicted octanol–water partition coefficient (Wildman–Crippen LogP) is 2.99. The maximum atomic E-state index is 12.9. The normalized spacial score (nSPS) is 14.9. The Balaban J connectivity index is 1.47. The van der Waals surface area contributed by atoms with Gasteiger partial charge in [0.25, 0.3) is 0 Å². The highest BCUT2D eigenvalue weighted by Gasteiger charge is 2.23. The van der Waals surface area contributed by atoms with Crippen LogP contribution in [0.25, 0.3) is 0 Å². The van der Waals surface area contributed by atoms with Crippen molar-refractivity contribution in [2.45, 2.75) is 26.8 Å². The lowest BCUT2D eigenvalue weighted by molar-refractivity contribution is -0.136. The SMILES string of the molecule is CCCN(CC(=O)Nc1ccccc1C)C(=O)CN1CCN(Cc2ccccc2)CC1. The fourth-order valence-electron chi connectivity index (χ4n) is 3.88. The molecule has 0 aromatic heterocycles. The van der Waals surface area contributed by atoms with Gasteiger partial charge in [-0.1, -0.05) is 55.5 Å². The molecule has 6 nitrogen and oxygen atoms in total. The molecule has 6 heteroatoms. The Morgan fingerprint density at radius 2 is 1.58 bits per heavy atom. The Kier molecular flexibility index (Phi) is 8.62. The van der Waals surface area contributed by atoms with Crippen LogP contribution in [0.1, 0.15) is 24.5 Å². The van der Waals surface area contributed by atoms with Gasteiger partial charge in [-0.25, -0.2) is 0 Å². The van der Waals surface area contributed by atoms with Gasteiger partial charge in [0, 0.05) is 45.0 Å². The lowest BCUT2D eigenvalue weighted by atomic mass is 10.2. The number of benzene rings is 2. The van der Waals surface area contributed by atoms with E-state index < -0.39 is 0 Å². The van der Waals surface area contributed by atoms with Crippen LogP contribution in [0.3, 0.4) is 0 Å². The first-order chi connectivity index (χ1) is 15.0. The zero-order chi connectivity index (χ0) is 22.1. The van der Waals surface area contributed by atoms with Crippen molar-refractivity contribution in [1.82, 2.24) is 14.7 Å². The fourth-order valence-corrected chi connectivity index (χ4v) is 3.88. The molecule has 0 spiro atoms. The lowest BCUT2D eigenvalue weighted by Gasteiger charge is -2.35. The number of nitrogens with zero attached hydrogens (tertiary/aromatic N) is 3. The molecule has 0 bridgehead atoms. The number of aryl methyl sites for hydroxylation is 1. The zero-order valence-electron chi connectivity index (χ0n) is 18.7. The van der Waals surface area contributed by atoms with Crippen LogP contribution in [0.5, 0.6) is 0 Å². The van der Waals surface area contributed by atoms with E-state index in [9.17, 15) is 9.59 Å². The number of carbonyl (C=O) groups excluding carboxylic acids is 2. The third-order valence-electron chi connectivity index (χ3n) is 5.67. The number of rotatable bonds is 9. The number of nitrogens with one attached hydrogen (secondary N) is 1. The van der Waals surface area contributed by atoms with Crippen LogP contribution < -0.4 is 5.32 Å². The Labute approximate surface area is 185 Å². The fraction of sp³-hybridized carbons (Fsp3) is 0.440. The summed E-state index contributed by atoms with van der Waals surface area (Å²) >= 11 is 0. The summed E-state index contributed by atoms with van der Waals surface area (Å²) < 4.78 is 0. The van der Waals surface area contributed by atoms with Crippen molar-refractivity contribution in [3.8, 4) is 0 Å². The molecule has 31 heavy (non-hydrogen) atoms. The second-order valence-electron chi connectivity index (χ2n) is 8.22. The van der Waals surface area contributed by atoms with Gasteiger partial charge in [-0.2, -0.15) is 0 Å². The first-order valence-electron chi connectivity index (χ1n) is 11.2. The molecule has 0 radical (unpaired) electrons. The van der Waals surface area contributed by atoms with Crippen molar-refractivity contribution in [2.24, 2.45) is 0 Å². The van der Waals surface area contributed by atoms with Gasteiger partial charge in [0.2, 0.25) is 11.8 Å². The highest BCUT2D eigenvalue weighted by Crippen LogP contribution is 2.13. The molecule has 3 rings (SSSR count). The summed E-state index contributed by atoms with van der Waals surface area (Å²) in [6.07, 6.45) is 0.828. The molecule has 166 valence electrons. The van der Waals surface area contributed by atoms with Crippen LogP contribution in [-0.4, -0.2) is 72.3 Å². The molecule has 1 N–H and O–H groups in total. The summed E-state index contributed by atoms with van der Waals surface area (Å²) in [6, 6.07) is 18.2. The number of amides is 2. The molecule has 0 aliphatic carbocycles. The summed E-state index contributed by atoms with van der Waals surface area (Å²) in [4.78, 5) is 31.8. The van der Waals surface area contributed by atoms with Crippen LogP contribution in [-0.2, 0) is 16.1 Å². The number of hydrogen-bond acceptors (Lipinski definition) is 4. The summed E-state index contributed by atoms with van der Waals surface area (Å²) in [7, 11) is 0. The van der Waals surface area contributed by atoms with Crippen molar-refractivity contribution in [2.75, 3.05) is 51.1 Å². The van der Waals surface area contributed by atoms with E-state index in [-0.39, 0.29) is 18.4 Å². The summed E-state index contributed by atoms with van der Waals surface area (Å²) in [5, 5.41) is 2.93. The van der Waals surface area contributed by atoms with Crippen LogP contribution in [0, 0.1) is 6.92 Å². The number of carbonyl (C=O) groups is 2. The van der Waals surface area contributed by atoms with Crippen molar-refractivity contribution in [3.05, 3.63) is 65.7 Å². The summed E-state index contributed by atoms with van der Waals surface area (Å²) in [6.45, 7) is 9.63. The number of hydrogen-bond donors (Lipinski definition) is 1. The van der Waals surface area contributed by atoms with Gasteiger partial charge >= 0.3 is 0 Å². The van der Waals surface area contributed by atoms with E-state index in [0.717, 1.165) is 50.4 Å². The highest BCUT2D eigenvalue weighted by atomic mass is 16.2. The smallest absolute Gasteiger partial charge is 0.244 e. The molecule has 2 aromatic rings. The zero-order valence-corrected chi connectivity index (χ0v) is 18.7. The molecular formula is C25H34N4O2. The molecular weight excluding hydrogens is 388 g/mol. The minimum atomic E-state index is -0.149. The average molecular weight is 423 g/mol. The van der Waals surface area contributed by atoms with E-state index in [2.05, 4.69) is 39.4 Å². The maximum Gasteiger partial charge on any atom is 0.244 e. The highest BCUT2D eigenvalue weighted by molar-refractivity contribution is 5.95. The van der Waals surface area contributed by atoms with Crippen LogP contribution in [0.2, 0.25) is 0 Å². The molecule has 2 aromatic carbocycles. The molecule has 1 fully saturated rings. The Morgan fingerprint density at radius 1 is 0.935 bits per heavy atom. The van der Waals surface area contributed by atoms with Gasteiger partial charge in [-0.05, 0) is 30.5 Å². The van der Waals surface area contributed by atoms with Crippen molar-refractivity contribution < 1.29 is 9.59 Å². The van der Waals surface area contributed by atoms with E-state index in [4.69, 9.17) is 0 Å². The second-order valence-corrected chi connectivity index (χ2v) is 8.22. The molecule has 0 saturated carbocycles. The van der Waals surface area contributed by atoms with E-state index in [1.165, 1.54) is 5.56 Å². The monoisotopic (exact) mass is 422 g/mol. The molecule has 2 amide bonds. The number of para-hydroxylation sites is 1. The molecule has 1 aliphatic rings. The second kappa shape index (κ2) is 11.6. The third-order valence-corrected chi connectivity index (χ3v) is 5.67. The first kappa shape index (κ1) is 23.0. The summed E-state index contributed by atoms with van der Waals surface area (Å²) in [5.74, 6) is -0.123. The summed E-state index contributed by atoms with van der Waals surface area (Å²) in [5.41, 5.74) is 3.13. The number of piperazine rings is 1. The van der Waals surface area contributed by atoms with Gasteiger partial charge in [0.1, 0.15) is 0 Å². The van der Waals surface area contributed by atoms with Crippen LogP contribution in [0.15, 0.2) is 54.6 Å². The standard InChI is InChI=1S/C25H34N4O2/c1-3-13-29(19-24(30)26-23-12-8-7-9-21(23)2)25(31)20-28-16-14-27(15-17-28)18-22-10-5-4-6-11-22/h4-12H,3,13-20H2,1-2H3,(H,26,30). The Morgan fingerprint density at radius 3 is 2.26 bits per heavy atom. The molecule has 0 atom stereocenters. The minimum absolute atomic E-state index is 0.0262.